The number of carbonyl (C=O) groups excluding carboxylic acids is 2. The van der Waals surface area contributed by atoms with Crippen molar-refractivity contribution in [1.82, 2.24) is 19.5 Å². The van der Waals surface area contributed by atoms with Gasteiger partial charge >= 0.3 is 0 Å². The number of likely N-dealkylation sites (tertiary alicyclic amines) is 1. The lowest BCUT2D eigenvalue weighted by Crippen LogP contribution is -2.33. The highest BCUT2D eigenvalue weighted by molar-refractivity contribution is 7.89. The third kappa shape index (κ3) is 5.48. The van der Waals surface area contributed by atoms with Crippen LogP contribution in [0.4, 0.5) is 0 Å². The molecule has 1 atom stereocenters. The minimum Gasteiger partial charge on any atom is -0.352 e. The first-order valence-corrected chi connectivity index (χ1v) is 11.6. The Balaban J connectivity index is 1.54. The number of hydrogen-bond donors (Lipinski definition) is 1. The van der Waals surface area contributed by atoms with Crippen LogP contribution in [0.1, 0.15) is 31.5 Å². The maximum absolute atomic E-state index is 12.5. The summed E-state index contributed by atoms with van der Waals surface area (Å²) in [5.41, 5.74) is 1.57. The smallest absolute Gasteiger partial charge is 0.243 e. The van der Waals surface area contributed by atoms with Crippen molar-refractivity contribution >= 4 is 21.8 Å². The van der Waals surface area contributed by atoms with Gasteiger partial charge in [0.1, 0.15) is 0 Å². The Morgan fingerprint density at radius 3 is 2.55 bits per heavy atom. The van der Waals surface area contributed by atoms with Crippen molar-refractivity contribution in [1.29, 1.82) is 0 Å². The SMILES string of the molecule is CC(C)N(C)S(=O)(=O)c1ccc(CNC(=O)C2CC(=O)N(Cc3ccccn3)C2)cc1. The molecule has 0 radical (unpaired) electrons. The number of aromatic nitrogens is 1. The summed E-state index contributed by atoms with van der Waals surface area (Å²) in [6.07, 6.45) is 1.86. The second-order valence-corrected chi connectivity index (χ2v) is 9.97. The fourth-order valence-electron chi connectivity index (χ4n) is 3.34. The van der Waals surface area contributed by atoms with E-state index in [4.69, 9.17) is 0 Å². The molecule has 166 valence electrons. The summed E-state index contributed by atoms with van der Waals surface area (Å²) in [5, 5.41) is 2.85. The van der Waals surface area contributed by atoms with E-state index in [0.29, 0.717) is 13.1 Å². The molecule has 1 unspecified atom stereocenters. The molecule has 1 aliphatic rings. The van der Waals surface area contributed by atoms with Crippen LogP contribution in [0.5, 0.6) is 0 Å². The van der Waals surface area contributed by atoms with E-state index in [1.807, 2.05) is 32.0 Å². The minimum absolute atomic E-state index is 0.0605. The van der Waals surface area contributed by atoms with Crippen molar-refractivity contribution < 1.29 is 18.0 Å². The van der Waals surface area contributed by atoms with E-state index < -0.39 is 15.9 Å². The van der Waals surface area contributed by atoms with Crippen LogP contribution in [-0.2, 0) is 32.7 Å². The van der Waals surface area contributed by atoms with Gasteiger partial charge in [-0.05, 0) is 43.7 Å². The van der Waals surface area contributed by atoms with Crippen LogP contribution in [0.3, 0.4) is 0 Å². The van der Waals surface area contributed by atoms with Gasteiger partial charge in [0.05, 0.1) is 23.1 Å². The Morgan fingerprint density at radius 2 is 1.94 bits per heavy atom. The molecular weight excluding hydrogens is 416 g/mol. The average Bonchev–Trinajstić information content (AvgIpc) is 3.12. The molecule has 9 heteroatoms. The number of benzene rings is 1. The lowest BCUT2D eigenvalue weighted by Gasteiger charge is -2.21. The molecule has 1 aliphatic heterocycles. The lowest BCUT2D eigenvalue weighted by molar-refractivity contribution is -0.129. The number of rotatable bonds is 8. The molecule has 2 aromatic rings. The van der Waals surface area contributed by atoms with Gasteiger partial charge in [-0.1, -0.05) is 18.2 Å². The molecule has 0 saturated carbocycles. The first kappa shape index (κ1) is 22.9. The summed E-state index contributed by atoms with van der Waals surface area (Å²) in [6, 6.07) is 11.9. The van der Waals surface area contributed by atoms with Gasteiger partial charge in [-0.25, -0.2) is 8.42 Å². The minimum atomic E-state index is -3.54. The molecule has 1 aromatic carbocycles. The van der Waals surface area contributed by atoms with Crippen molar-refractivity contribution in [2.75, 3.05) is 13.6 Å². The lowest BCUT2D eigenvalue weighted by atomic mass is 10.1. The Labute approximate surface area is 183 Å². The number of nitrogens with one attached hydrogen (secondary N) is 1. The fraction of sp³-hybridized carbons (Fsp3) is 0.409. The second kappa shape index (κ2) is 9.57. The molecule has 1 saturated heterocycles. The highest BCUT2D eigenvalue weighted by Gasteiger charge is 2.34. The third-order valence-electron chi connectivity index (χ3n) is 5.46. The van der Waals surface area contributed by atoms with Gasteiger partial charge in [0.25, 0.3) is 0 Å². The van der Waals surface area contributed by atoms with Crippen molar-refractivity contribution in [3.63, 3.8) is 0 Å². The van der Waals surface area contributed by atoms with Gasteiger partial charge in [0, 0.05) is 38.8 Å². The van der Waals surface area contributed by atoms with E-state index in [1.165, 1.54) is 4.31 Å². The van der Waals surface area contributed by atoms with Gasteiger partial charge in [-0.2, -0.15) is 4.31 Å². The summed E-state index contributed by atoms with van der Waals surface area (Å²) in [5.74, 6) is -0.654. The molecule has 0 bridgehead atoms. The van der Waals surface area contributed by atoms with E-state index >= 15 is 0 Å². The Bertz CT molecular complexity index is 1020. The van der Waals surface area contributed by atoms with Crippen LogP contribution in [0.25, 0.3) is 0 Å². The highest BCUT2D eigenvalue weighted by Crippen LogP contribution is 2.21. The molecule has 1 aromatic heterocycles. The molecule has 3 rings (SSSR count). The summed E-state index contributed by atoms with van der Waals surface area (Å²) >= 11 is 0. The van der Waals surface area contributed by atoms with E-state index in [9.17, 15) is 18.0 Å². The topological polar surface area (TPSA) is 99.7 Å². The van der Waals surface area contributed by atoms with Crippen LogP contribution in [0, 0.1) is 5.92 Å². The highest BCUT2D eigenvalue weighted by atomic mass is 32.2. The number of sulfonamides is 1. The molecule has 0 aliphatic carbocycles. The normalized spacial score (nSPS) is 16.9. The number of pyridine rings is 1. The molecule has 2 heterocycles. The maximum atomic E-state index is 12.5. The maximum Gasteiger partial charge on any atom is 0.243 e. The largest absolute Gasteiger partial charge is 0.352 e. The second-order valence-electron chi connectivity index (χ2n) is 7.97. The third-order valence-corrected chi connectivity index (χ3v) is 7.51. The number of carbonyl (C=O) groups is 2. The summed E-state index contributed by atoms with van der Waals surface area (Å²) < 4.78 is 26.4. The molecule has 0 spiro atoms. The van der Waals surface area contributed by atoms with Crippen molar-refractivity contribution in [3.05, 3.63) is 59.9 Å². The Morgan fingerprint density at radius 1 is 1.23 bits per heavy atom. The zero-order valence-electron chi connectivity index (χ0n) is 18.0. The van der Waals surface area contributed by atoms with Crippen molar-refractivity contribution in [2.45, 2.75) is 44.3 Å². The van der Waals surface area contributed by atoms with E-state index in [-0.39, 0.29) is 35.7 Å². The van der Waals surface area contributed by atoms with E-state index in [2.05, 4.69) is 10.3 Å². The van der Waals surface area contributed by atoms with E-state index in [1.54, 1.807) is 42.4 Å². The zero-order valence-corrected chi connectivity index (χ0v) is 18.8. The summed E-state index contributed by atoms with van der Waals surface area (Å²) in [7, 11) is -1.99. The Hall–Kier alpha value is -2.78. The summed E-state index contributed by atoms with van der Waals surface area (Å²) in [6.45, 7) is 4.65. The van der Waals surface area contributed by atoms with Crippen LogP contribution in [0.15, 0.2) is 53.6 Å². The summed E-state index contributed by atoms with van der Waals surface area (Å²) in [4.78, 5) is 30.9. The first-order valence-electron chi connectivity index (χ1n) is 10.2. The van der Waals surface area contributed by atoms with Crippen LogP contribution in [-0.4, -0.2) is 54.1 Å². The molecule has 1 fully saturated rings. The van der Waals surface area contributed by atoms with Gasteiger partial charge in [0.15, 0.2) is 0 Å². The molecule has 1 N–H and O–H groups in total. The van der Waals surface area contributed by atoms with Crippen LogP contribution >= 0.6 is 0 Å². The molecule has 31 heavy (non-hydrogen) atoms. The quantitative estimate of drug-likeness (QED) is 0.669. The van der Waals surface area contributed by atoms with E-state index in [0.717, 1.165) is 11.3 Å². The monoisotopic (exact) mass is 444 g/mol. The predicted octanol–water partition coefficient (Wildman–Crippen LogP) is 1.78. The fourth-order valence-corrected chi connectivity index (χ4v) is 4.71. The van der Waals surface area contributed by atoms with Crippen LogP contribution in [0.2, 0.25) is 0 Å². The molecule has 2 amide bonds. The number of hydrogen-bond acceptors (Lipinski definition) is 5. The van der Waals surface area contributed by atoms with Crippen molar-refractivity contribution in [2.24, 2.45) is 5.92 Å². The molecule has 8 nitrogen and oxygen atoms in total. The van der Waals surface area contributed by atoms with Crippen LogP contribution < -0.4 is 5.32 Å². The van der Waals surface area contributed by atoms with Gasteiger partial charge < -0.3 is 10.2 Å². The standard InChI is InChI=1S/C22H28N4O4S/c1-16(2)25(3)31(29,30)20-9-7-17(8-10-20)13-24-22(28)18-12-21(27)26(14-18)15-19-6-4-5-11-23-19/h4-11,16,18H,12-15H2,1-3H3,(H,24,28). The Kier molecular flexibility index (Phi) is 7.07. The average molecular weight is 445 g/mol. The predicted molar refractivity (Wildman–Crippen MR) is 116 cm³/mol. The van der Waals surface area contributed by atoms with Gasteiger partial charge in [-0.3, -0.25) is 14.6 Å². The number of amides is 2. The molecular formula is C22H28N4O4S. The van der Waals surface area contributed by atoms with Crippen molar-refractivity contribution in [3.8, 4) is 0 Å². The number of nitrogens with zero attached hydrogens (tertiary/aromatic N) is 3. The van der Waals surface area contributed by atoms with Gasteiger partial charge in [0.2, 0.25) is 21.8 Å². The van der Waals surface area contributed by atoms with Gasteiger partial charge in [-0.15, -0.1) is 0 Å². The zero-order chi connectivity index (χ0) is 22.6. The first-order chi connectivity index (χ1) is 14.7.